The maximum atomic E-state index is 11.9. The monoisotopic (exact) mass is 402 g/mol. The van der Waals surface area contributed by atoms with Crippen LogP contribution in [0.15, 0.2) is 30.3 Å². The third-order valence-electron chi connectivity index (χ3n) is 5.60. The van der Waals surface area contributed by atoms with Crippen LogP contribution in [0.2, 0.25) is 0 Å². The molecule has 0 spiro atoms. The fourth-order valence-corrected chi connectivity index (χ4v) is 3.77. The molecule has 0 radical (unpaired) electrons. The number of hydrogen-bond donors (Lipinski definition) is 1. The van der Waals surface area contributed by atoms with E-state index in [4.69, 9.17) is 0 Å². The molecule has 0 saturated carbocycles. The van der Waals surface area contributed by atoms with Crippen molar-refractivity contribution in [3.63, 3.8) is 0 Å². The van der Waals surface area contributed by atoms with Gasteiger partial charge < -0.3 is 15.1 Å². The lowest BCUT2D eigenvalue weighted by molar-refractivity contribution is -0.131. The molecule has 6 nitrogen and oxygen atoms in total. The SMILES string of the molecule is CCN(CC)C(=O)CCCC(=O)NCCCN1CCN(Cc2ccccc2)CC1. The fraction of sp³-hybridized carbons (Fsp3) is 0.652. The molecule has 1 N–H and O–H groups in total. The zero-order chi connectivity index (χ0) is 20.9. The molecule has 162 valence electrons. The Balaban J connectivity index is 1.49. The predicted molar refractivity (Wildman–Crippen MR) is 118 cm³/mol. The van der Waals surface area contributed by atoms with Crippen molar-refractivity contribution in [3.8, 4) is 0 Å². The summed E-state index contributed by atoms with van der Waals surface area (Å²) in [5.74, 6) is 0.208. The summed E-state index contributed by atoms with van der Waals surface area (Å²) >= 11 is 0. The number of rotatable bonds is 12. The Labute approximate surface area is 176 Å². The van der Waals surface area contributed by atoms with Gasteiger partial charge in [-0.2, -0.15) is 0 Å². The summed E-state index contributed by atoms with van der Waals surface area (Å²) in [6, 6.07) is 10.6. The van der Waals surface area contributed by atoms with Gasteiger partial charge in [-0.1, -0.05) is 30.3 Å². The van der Waals surface area contributed by atoms with Crippen LogP contribution < -0.4 is 5.32 Å². The second-order valence-corrected chi connectivity index (χ2v) is 7.73. The number of amides is 2. The Kier molecular flexibility index (Phi) is 10.7. The van der Waals surface area contributed by atoms with Gasteiger partial charge in [0.2, 0.25) is 11.8 Å². The van der Waals surface area contributed by atoms with Crippen molar-refractivity contribution in [1.82, 2.24) is 20.0 Å². The molecule has 2 amide bonds. The smallest absolute Gasteiger partial charge is 0.222 e. The van der Waals surface area contributed by atoms with E-state index in [9.17, 15) is 9.59 Å². The maximum absolute atomic E-state index is 11.9. The molecule has 0 aromatic heterocycles. The molecule has 1 saturated heterocycles. The van der Waals surface area contributed by atoms with Gasteiger partial charge in [0.25, 0.3) is 0 Å². The van der Waals surface area contributed by atoms with Crippen LogP contribution in [-0.2, 0) is 16.1 Å². The largest absolute Gasteiger partial charge is 0.356 e. The molecular formula is C23H38N4O2. The van der Waals surface area contributed by atoms with E-state index < -0.39 is 0 Å². The average molecular weight is 403 g/mol. The molecule has 0 aliphatic carbocycles. The summed E-state index contributed by atoms with van der Waals surface area (Å²) in [5.41, 5.74) is 1.38. The Bertz CT molecular complexity index is 596. The number of nitrogens with zero attached hydrogens (tertiary/aromatic N) is 3. The number of nitrogens with one attached hydrogen (secondary N) is 1. The standard InChI is InChI=1S/C23H38N4O2/c1-3-27(4-2)23(29)13-8-12-22(28)24-14-9-15-25-16-18-26(19-17-25)20-21-10-6-5-7-11-21/h5-7,10-11H,3-4,8-9,12-20H2,1-2H3,(H,24,28). The molecular weight excluding hydrogens is 364 g/mol. The van der Waals surface area contributed by atoms with E-state index in [1.54, 1.807) is 0 Å². The second-order valence-electron chi connectivity index (χ2n) is 7.73. The summed E-state index contributed by atoms with van der Waals surface area (Å²) in [6.45, 7) is 12.6. The molecule has 2 rings (SSSR count). The molecule has 1 aliphatic heterocycles. The molecule has 1 heterocycles. The molecule has 1 fully saturated rings. The van der Waals surface area contributed by atoms with Crippen molar-refractivity contribution >= 4 is 11.8 Å². The van der Waals surface area contributed by atoms with Crippen molar-refractivity contribution in [3.05, 3.63) is 35.9 Å². The lowest BCUT2D eigenvalue weighted by atomic mass is 10.2. The first-order chi connectivity index (χ1) is 14.1. The van der Waals surface area contributed by atoms with Gasteiger partial charge in [-0.3, -0.25) is 14.5 Å². The summed E-state index contributed by atoms with van der Waals surface area (Å²) < 4.78 is 0. The van der Waals surface area contributed by atoms with Crippen molar-refractivity contribution < 1.29 is 9.59 Å². The summed E-state index contributed by atoms with van der Waals surface area (Å²) in [6.07, 6.45) is 2.50. The molecule has 29 heavy (non-hydrogen) atoms. The number of benzene rings is 1. The van der Waals surface area contributed by atoms with Gasteiger partial charge in [0, 0.05) is 65.2 Å². The second kappa shape index (κ2) is 13.3. The highest BCUT2D eigenvalue weighted by Crippen LogP contribution is 2.08. The van der Waals surface area contributed by atoms with E-state index in [1.807, 2.05) is 18.7 Å². The van der Waals surface area contributed by atoms with Crippen LogP contribution in [-0.4, -0.2) is 78.9 Å². The van der Waals surface area contributed by atoms with E-state index in [0.717, 1.165) is 58.8 Å². The Morgan fingerprint density at radius 1 is 0.931 bits per heavy atom. The highest BCUT2D eigenvalue weighted by Gasteiger charge is 2.16. The predicted octanol–water partition coefficient (Wildman–Crippen LogP) is 2.35. The number of piperazine rings is 1. The minimum absolute atomic E-state index is 0.0602. The van der Waals surface area contributed by atoms with E-state index in [2.05, 4.69) is 45.4 Å². The molecule has 0 bridgehead atoms. The van der Waals surface area contributed by atoms with Gasteiger partial charge in [-0.15, -0.1) is 0 Å². The number of hydrogen-bond acceptors (Lipinski definition) is 4. The first kappa shape index (κ1) is 23.4. The van der Waals surface area contributed by atoms with Crippen LogP contribution in [0.5, 0.6) is 0 Å². The van der Waals surface area contributed by atoms with Crippen molar-refractivity contribution in [2.75, 3.05) is 52.4 Å². The van der Waals surface area contributed by atoms with Crippen LogP contribution in [0, 0.1) is 0 Å². The number of carbonyl (C=O) groups is 2. The van der Waals surface area contributed by atoms with Crippen molar-refractivity contribution in [2.24, 2.45) is 0 Å². The highest BCUT2D eigenvalue weighted by atomic mass is 16.2. The van der Waals surface area contributed by atoms with Crippen molar-refractivity contribution in [2.45, 2.75) is 46.1 Å². The first-order valence-corrected chi connectivity index (χ1v) is 11.2. The minimum Gasteiger partial charge on any atom is -0.356 e. The van der Waals surface area contributed by atoms with Gasteiger partial charge >= 0.3 is 0 Å². The van der Waals surface area contributed by atoms with Crippen molar-refractivity contribution in [1.29, 1.82) is 0 Å². The molecule has 1 aromatic carbocycles. The zero-order valence-corrected chi connectivity index (χ0v) is 18.2. The van der Waals surface area contributed by atoms with E-state index >= 15 is 0 Å². The van der Waals surface area contributed by atoms with Gasteiger partial charge in [-0.05, 0) is 38.8 Å². The third kappa shape index (κ3) is 8.96. The Morgan fingerprint density at radius 3 is 2.24 bits per heavy atom. The van der Waals surface area contributed by atoms with Gasteiger partial charge in [0.1, 0.15) is 0 Å². The van der Waals surface area contributed by atoms with Crippen LogP contribution in [0.1, 0.15) is 45.1 Å². The Hall–Kier alpha value is -1.92. The van der Waals surface area contributed by atoms with E-state index in [-0.39, 0.29) is 11.8 Å². The fourth-order valence-electron chi connectivity index (χ4n) is 3.77. The summed E-state index contributed by atoms with van der Waals surface area (Å²) in [4.78, 5) is 30.7. The molecule has 0 unspecified atom stereocenters. The van der Waals surface area contributed by atoms with Crippen LogP contribution in [0.25, 0.3) is 0 Å². The third-order valence-corrected chi connectivity index (χ3v) is 5.60. The minimum atomic E-state index is 0.0602. The molecule has 1 aromatic rings. The van der Waals surface area contributed by atoms with Crippen LogP contribution in [0.3, 0.4) is 0 Å². The van der Waals surface area contributed by atoms with Crippen LogP contribution >= 0.6 is 0 Å². The summed E-state index contributed by atoms with van der Waals surface area (Å²) in [5, 5.41) is 2.99. The first-order valence-electron chi connectivity index (χ1n) is 11.2. The zero-order valence-electron chi connectivity index (χ0n) is 18.2. The van der Waals surface area contributed by atoms with Crippen LogP contribution in [0.4, 0.5) is 0 Å². The normalized spacial score (nSPS) is 15.2. The highest BCUT2D eigenvalue weighted by molar-refractivity contribution is 5.78. The van der Waals surface area contributed by atoms with Gasteiger partial charge in [-0.25, -0.2) is 0 Å². The number of carbonyl (C=O) groups excluding carboxylic acids is 2. The maximum Gasteiger partial charge on any atom is 0.222 e. The molecule has 0 atom stereocenters. The summed E-state index contributed by atoms with van der Waals surface area (Å²) in [7, 11) is 0. The molecule has 1 aliphatic rings. The van der Waals surface area contributed by atoms with Gasteiger partial charge in [0.05, 0.1) is 0 Å². The lowest BCUT2D eigenvalue weighted by Crippen LogP contribution is -2.46. The lowest BCUT2D eigenvalue weighted by Gasteiger charge is -2.34. The van der Waals surface area contributed by atoms with E-state index in [1.165, 1.54) is 5.56 Å². The average Bonchev–Trinajstić information content (AvgIpc) is 2.74. The topological polar surface area (TPSA) is 55.9 Å². The quantitative estimate of drug-likeness (QED) is 0.545. The Morgan fingerprint density at radius 2 is 1.59 bits per heavy atom. The van der Waals surface area contributed by atoms with E-state index in [0.29, 0.717) is 25.8 Å². The molecule has 6 heteroatoms. The van der Waals surface area contributed by atoms with Gasteiger partial charge in [0.15, 0.2) is 0 Å².